The summed E-state index contributed by atoms with van der Waals surface area (Å²) >= 11 is 0. The highest BCUT2D eigenvalue weighted by atomic mass is 15.2. The average molecular weight is 694 g/mol. The first kappa shape index (κ1) is 32.5. The van der Waals surface area contributed by atoms with Crippen molar-refractivity contribution in [2.75, 3.05) is 4.90 Å². The Balaban J connectivity index is 1.29. The summed E-state index contributed by atoms with van der Waals surface area (Å²) in [5, 5.41) is 2.52. The molecule has 0 spiro atoms. The highest BCUT2D eigenvalue weighted by molar-refractivity contribution is 6.02. The van der Waals surface area contributed by atoms with E-state index in [0.29, 0.717) is 0 Å². The molecule has 1 nitrogen and oxygen atoms in total. The van der Waals surface area contributed by atoms with Crippen molar-refractivity contribution in [2.45, 2.75) is 45.4 Å². The predicted molar refractivity (Wildman–Crippen MR) is 229 cm³/mol. The molecule has 1 heteroatoms. The van der Waals surface area contributed by atoms with Gasteiger partial charge in [0.2, 0.25) is 0 Å². The van der Waals surface area contributed by atoms with E-state index < -0.39 is 0 Å². The van der Waals surface area contributed by atoms with Crippen molar-refractivity contribution < 1.29 is 0 Å². The van der Waals surface area contributed by atoms with Crippen molar-refractivity contribution in [1.29, 1.82) is 0 Å². The molecule has 0 aliphatic heterocycles. The summed E-state index contributed by atoms with van der Waals surface area (Å²) in [6, 6.07) is 63.3. The molecule has 54 heavy (non-hydrogen) atoms. The molecule has 2 aliphatic carbocycles. The van der Waals surface area contributed by atoms with Crippen LogP contribution in [-0.4, -0.2) is 0 Å². The molecule has 8 aromatic carbocycles. The van der Waals surface area contributed by atoms with Gasteiger partial charge in [-0.1, -0.05) is 167 Å². The average Bonchev–Trinajstić information content (AvgIpc) is 3.58. The van der Waals surface area contributed by atoms with Crippen LogP contribution in [0.2, 0.25) is 0 Å². The summed E-state index contributed by atoms with van der Waals surface area (Å²) in [6.45, 7) is 11.8. The minimum Gasteiger partial charge on any atom is -0.309 e. The molecule has 0 radical (unpaired) electrons. The third-order valence-electron chi connectivity index (χ3n) is 12.4. The van der Waals surface area contributed by atoms with Gasteiger partial charge in [-0.2, -0.15) is 0 Å². The Hall–Kier alpha value is -6.18. The van der Waals surface area contributed by atoms with Crippen molar-refractivity contribution >= 4 is 27.8 Å². The lowest BCUT2D eigenvalue weighted by molar-refractivity contribution is 0.660. The molecule has 10 rings (SSSR count). The molecule has 0 saturated carbocycles. The second-order valence-corrected chi connectivity index (χ2v) is 16.2. The van der Waals surface area contributed by atoms with E-state index >= 15 is 0 Å². The van der Waals surface area contributed by atoms with E-state index in [1.165, 1.54) is 100 Å². The minimum atomic E-state index is -0.129. The second kappa shape index (κ2) is 11.9. The molecule has 260 valence electrons. The number of anilines is 3. The fraction of sp³-hybridized carbons (Fsp3) is 0.132. The van der Waals surface area contributed by atoms with Gasteiger partial charge in [0, 0.05) is 27.6 Å². The van der Waals surface area contributed by atoms with Crippen LogP contribution in [0.5, 0.6) is 0 Å². The molecule has 8 aromatic rings. The summed E-state index contributed by atoms with van der Waals surface area (Å²) in [5.74, 6) is 0. The lowest BCUT2D eigenvalue weighted by Gasteiger charge is -2.33. The van der Waals surface area contributed by atoms with Crippen LogP contribution in [0.4, 0.5) is 17.1 Å². The smallest absolute Gasteiger partial charge is 0.0569 e. The topological polar surface area (TPSA) is 3.24 Å². The van der Waals surface area contributed by atoms with E-state index in [1.54, 1.807) is 0 Å². The molecular weight excluding hydrogens is 651 g/mol. The number of nitrogens with zero attached hydrogens (tertiary/aromatic N) is 1. The summed E-state index contributed by atoms with van der Waals surface area (Å²) in [7, 11) is 0. The Bertz CT molecular complexity index is 2780. The number of rotatable bonds is 5. The van der Waals surface area contributed by atoms with Gasteiger partial charge in [0.05, 0.1) is 11.4 Å². The molecular formula is C53H43N. The van der Waals surface area contributed by atoms with Crippen LogP contribution in [0, 0.1) is 6.92 Å². The Kier molecular flexibility index (Phi) is 7.17. The van der Waals surface area contributed by atoms with Crippen LogP contribution in [0.15, 0.2) is 170 Å². The van der Waals surface area contributed by atoms with E-state index in [-0.39, 0.29) is 10.8 Å². The standard InChI is InChI=1S/C53H43N/c1-34-31-37(40-24-15-20-35-19-9-10-21-39(35)40)32-44(36-17-7-6-8-18-36)51(34)54(38-29-30-42-41-22-11-13-25-45(41)53(4,5)48(42)33-38)49-28-16-27-47-50(49)43-23-12-14-26-46(43)52(47,2)3/h6-33H,1-5H3. The number of hydrogen-bond donors (Lipinski definition) is 0. The van der Waals surface area contributed by atoms with Crippen LogP contribution in [-0.2, 0) is 10.8 Å². The summed E-state index contributed by atoms with van der Waals surface area (Å²) in [4.78, 5) is 2.58. The molecule has 0 saturated heterocycles. The van der Waals surface area contributed by atoms with Crippen LogP contribution in [0.1, 0.15) is 55.5 Å². The Labute approximate surface area is 319 Å². The molecule has 0 atom stereocenters. The third-order valence-corrected chi connectivity index (χ3v) is 12.4. The number of aryl methyl sites for hydroxylation is 1. The third kappa shape index (κ3) is 4.71. The number of hydrogen-bond acceptors (Lipinski definition) is 1. The monoisotopic (exact) mass is 693 g/mol. The normalized spacial score (nSPS) is 14.3. The maximum absolute atomic E-state index is 2.58. The van der Waals surface area contributed by atoms with Gasteiger partial charge in [-0.15, -0.1) is 0 Å². The van der Waals surface area contributed by atoms with Crippen molar-refractivity contribution in [2.24, 2.45) is 0 Å². The predicted octanol–water partition coefficient (Wildman–Crippen LogP) is 14.6. The van der Waals surface area contributed by atoms with Gasteiger partial charge < -0.3 is 4.90 Å². The van der Waals surface area contributed by atoms with Crippen LogP contribution in [0.25, 0.3) is 55.3 Å². The zero-order valence-electron chi connectivity index (χ0n) is 31.6. The maximum Gasteiger partial charge on any atom is 0.0569 e. The molecule has 0 aromatic heterocycles. The van der Waals surface area contributed by atoms with E-state index in [9.17, 15) is 0 Å². The molecule has 0 heterocycles. The van der Waals surface area contributed by atoms with Gasteiger partial charge in [-0.3, -0.25) is 0 Å². The molecule has 0 amide bonds. The molecule has 0 bridgehead atoms. The molecule has 0 unspecified atom stereocenters. The fourth-order valence-corrected chi connectivity index (χ4v) is 9.69. The fourth-order valence-electron chi connectivity index (χ4n) is 9.69. The highest BCUT2D eigenvalue weighted by Crippen LogP contribution is 2.57. The summed E-state index contributed by atoms with van der Waals surface area (Å²) in [6.07, 6.45) is 0. The van der Waals surface area contributed by atoms with Gasteiger partial charge in [0.25, 0.3) is 0 Å². The van der Waals surface area contributed by atoms with Gasteiger partial charge >= 0.3 is 0 Å². The first-order valence-electron chi connectivity index (χ1n) is 19.2. The lowest BCUT2D eigenvalue weighted by atomic mass is 9.82. The van der Waals surface area contributed by atoms with Crippen LogP contribution in [0.3, 0.4) is 0 Å². The van der Waals surface area contributed by atoms with E-state index in [0.717, 1.165) is 0 Å². The molecule has 0 fully saturated rings. The summed E-state index contributed by atoms with van der Waals surface area (Å²) < 4.78 is 0. The van der Waals surface area contributed by atoms with Crippen molar-refractivity contribution in [3.63, 3.8) is 0 Å². The first-order chi connectivity index (χ1) is 26.2. The zero-order chi connectivity index (χ0) is 36.8. The molecule has 2 aliphatic rings. The highest BCUT2D eigenvalue weighted by Gasteiger charge is 2.39. The van der Waals surface area contributed by atoms with E-state index in [2.05, 4.69) is 209 Å². The Morgan fingerprint density at radius 3 is 1.81 bits per heavy atom. The first-order valence-corrected chi connectivity index (χ1v) is 19.2. The lowest BCUT2D eigenvalue weighted by Crippen LogP contribution is -2.18. The van der Waals surface area contributed by atoms with Gasteiger partial charge in [0.15, 0.2) is 0 Å². The van der Waals surface area contributed by atoms with Gasteiger partial charge in [-0.25, -0.2) is 0 Å². The minimum absolute atomic E-state index is 0.120. The summed E-state index contributed by atoms with van der Waals surface area (Å²) in [5.41, 5.74) is 20.2. The Morgan fingerprint density at radius 2 is 1.00 bits per heavy atom. The Morgan fingerprint density at radius 1 is 0.407 bits per heavy atom. The zero-order valence-corrected chi connectivity index (χ0v) is 31.6. The second-order valence-electron chi connectivity index (χ2n) is 16.2. The van der Waals surface area contributed by atoms with E-state index in [4.69, 9.17) is 0 Å². The number of benzene rings is 8. The van der Waals surface area contributed by atoms with E-state index in [1.807, 2.05) is 0 Å². The van der Waals surface area contributed by atoms with Crippen molar-refractivity contribution in [3.05, 3.63) is 198 Å². The van der Waals surface area contributed by atoms with Crippen LogP contribution >= 0.6 is 0 Å². The quantitative estimate of drug-likeness (QED) is 0.173. The molecule has 0 N–H and O–H groups in total. The van der Waals surface area contributed by atoms with Crippen LogP contribution < -0.4 is 4.90 Å². The maximum atomic E-state index is 2.58. The van der Waals surface area contributed by atoms with Gasteiger partial charge in [0.1, 0.15) is 0 Å². The number of fused-ring (bicyclic) bond motifs is 7. The largest absolute Gasteiger partial charge is 0.309 e. The SMILES string of the molecule is Cc1cc(-c2cccc3ccccc23)cc(-c2ccccc2)c1N(c1ccc2c(c1)C(C)(C)c1ccccc1-2)c1cccc2c1-c1ccccc1C2(C)C. The van der Waals surface area contributed by atoms with Crippen molar-refractivity contribution in [3.8, 4) is 44.5 Å². The van der Waals surface area contributed by atoms with Crippen molar-refractivity contribution in [1.82, 2.24) is 0 Å². The van der Waals surface area contributed by atoms with Gasteiger partial charge in [-0.05, 0) is 109 Å².